The Morgan fingerprint density at radius 2 is 1.91 bits per heavy atom. The zero-order valence-corrected chi connectivity index (χ0v) is 13.7. The quantitative estimate of drug-likeness (QED) is 0.412. The summed E-state index contributed by atoms with van der Waals surface area (Å²) in [6.07, 6.45) is 10.5. The maximum Gasteiger partial charge on any atom is 0.333 e. The number of carbonyl (C=O) groups excluding carboxylic acids is 1. The average molecular weight is 298 g/mol. The molecule has 1 saturated carbocycles. The molecule has 0 aromatic heterocycles. The highest BCUT2D eigenvalue weighted by molar-refractivity contribution is 5.88. The van der Waals surface area contributed by atoms with E-state index in [-0.39, 0.29) is 5.97 Å². The molecule has 1 aromatic rings. The number of rotatable bonds is 6. The number of ether oxygens (including phenoxy) is 1. The van der Waals surface area contributed by atoms with E-state index in [1.807, 2.05) is 38.1 Å². The summed E-state index contributed by atoms with van der Waals surface area (Å²) in [6, 6.07) is 10.3. The van der Waals surface area contributed by atoms with Crippen molar-refractivity contribution in [1.29, 1.82) is 0 Å². The molecule has 0 spiro atoms. The number of hydrogen-bond donors (Lipinski definition) is 0. The van der Waals surface area contributed by atoms with Gasteiger partial charge in [0.2, 0.25) is 0 Å². The van der Waals surface area contributed by atoms with Crippen LogP contribution in [-0.4, -0.2) is 12.6 Å². The Balaban J connectivity index is 2.18. The van der Waals surface area contributed by atoms with Crippen molar-refractivity contribution in [1.82, 2.24) is 0 Å². The van der Waals surface area contributed by atoms with E-state index >= 15 is 0 Å². The smallest absolute Gasteiger partial charge is 0.333 e. The van der Waals surface area contributed by atoms with Crippen LogP contribution in [0.25, 0.3) is 6.08 Å². The zero-order chi connectivity index (χ0) is 15.8. The Labute approximate surface area is 133 Å². The fourth-order valence-corrected chi connectivity index (χ4v) is 3.05. The second-order valence-electron chi connectivity index (χ2n) is 6.03. The van der Waals surface area contributed by atoms with E-state index in [0.29, 0.717) is 12.2 Å². The molecule has 0 saturated heterocycles. The lowest BCUT2D eigenvalue weighted by atomic mass is 9.95. The molecule has 2 heteroatoms. The van der Waals surface area contributed by atoms with Gasteiger partial charge in [0, 0.05) is 5.57 Å². The van der Waals surface area contributed by atoms with Crippen molar-refractivity contribution in [2.75, 3.05) is 6.61 Å². The number of benzene rings is 1. The number of esters is 1. The van der Waals surface area contributed by atoms with Gasteiger partial charge in [-0.25, -0.2) is 4.79 Å². The van der Waals surface area contributed by atoms with Gasteiger partial charge in [0.1, 0.15) is 0 Å². The molecule has 1 fully saturated rings. The normalized spacial score (nSPS) is 16.8. The maximum absolute atomic E-state index is 11.9. The van der Waals surface area contributed by atoms with Crippen LogP contribution in [0.3, 0.4) is 0 Å². The molecule has 1 aliphatic rings. The SMILES string of the molecule is CCOC(=O)/C(C)=C/C(=C/c1ccccc1)CC1CCCC1. The molecule has 2 nitrogen and oxygen atoms in total. The maximum atomic E-state index is 11.9. The molecule has 118 valence electrons. The molecule has 0 radical (unpaired) electrons. The van der Waals surface area contributed by atoms with Crippen molar-refractivity contribution in [3.05, 3.63) is 53.1 Å². The van der Waals surface area contributed by atoms with Gasteiger partial charge >= 0.3 is 5.97 Å². The number of allylic oxidation sites excluding steroid dienone is 2. The molecular weight excluding hydrogens is 272 g/mol. The first-order chi connectivity index (χ1) is 10.7. The Morgan fingerprint density at radius 1 is 1.23 bits per heavy atom. The van der Waals surface area contributed by atoms with Crippen LogP contribution in [0.15, 0.2) is 47.6 Å². The largest absolute Gasteiger partial charge is 0.463 e. The fourth-order valence-electron chi connectivity index (χ4n) is 3.05. The lowest BCUT2D eigenvalue weighted by Gasteiger charge is -2.11. The van der Waals surface area contributed by atoms with Crippen LogP contribution in [0.5, 0.6) is 0 Å². The fraction of sp³-hybridized carbons (Fsp3) is 0.450. The highest BCUT2D eigenvalue weighted by Crippen LogP contribution is 2.31. The monoisotopic (exact) mass is 298 g/mol. The van der Waals surface area contributed by atoms with Crippen LogP contribution >= 0.6 is 0 Å². The first kappa shape index (κ1) is 16.5. The van der Waals surface area contributed by atoms with Crippen LogP contribution in [0.4, 0.5) is 0 Å². The summed E-state index contributed by atoms with van der Waals surface area (Å²) < 4.78 is 5.09. The van der Waals surface area contributed by atoms with Gasteiger partial charge < -0.3 is 4.74 Å². The predicted molar refractivity (Wildman–Crippen MR) is 91.4 cm³/mol. The van der Waals surface area contributed by atoms with Gasteiger partial charge in [-0.3, -0.25) is 0 Å². The molecular formula is C20H26O2. The molecule has 0 heterocycles. The van der Waals surface area contributed by atoms with E-state index in [9.17, 15) is 4.79 Å². The molecule has 0 aliphatic heterocycles. The third-order valence-corrected chi connectivity index (χ3v) is 4.15. The minimum absolute atomic E-state index is 0.215. The van der Waals surface area contributed by atoms with Crippen molar-refractivity contribution in [2.24, 2.45) is 5.92 Å². The molecule has 0 unspecified atom stereocenters. The molecule has 1 aromatic carbocycles. The van der Waals surface area contributed by atoms with Crippen LogP contribution in [0.2, 0.25) is 0 Å². The summed E-state index contributed by atoms with van der Waals surface area (Å²) >= 11 is 0. The number of carbonyl (C=O) groups is 1. The lowest BCUT2D eigenvalue weighted by molar-refractivity contribution is -0.138. The molecule has 2 rings (SSSR count). The van der Waals surface area contributed by atoms with Crippen LogP contribution < -0.4 is 0 Å². The second kappa shape index (κ2) is 8.57. The third kappa shape index (κ3) is 5.18. The van der Waals surface area contributed by atoms with Gasteiger partial charge in [-0.2, -0.15) is 0 Å². The summed E-state index contributed by atoms with van der Waals surface area (Å²) in [7, 11) is 0. The predicted octanol–water partition coefficient (Wildman–Crippen LogP) is 5.16. The van der Waals surface area contributed by atoms with E-state index in [4.69, 9.17) is 4.74 Å². The van der Waals surface area contributed by atoms with E-state index in [1.165, 1.54) is 36.8 Å². The summed E-state index contributed by atoms with van der Waals surface area (Å²) in [5.41, 5.74) is 3.09. The average Bonchev–Trinajstić information content (AvgIpc) is 3.01. The van der Waals surface area contributed by atoms with Crippen LogP contribution in [0, 0.1) is 5.92 Å². The van der Waals surface area contributed by atoms with Crippen molar-refractivity contribution < 1.29 is 9.53 Å². The zero-order valence-electron chi connectivity index (χ0n) is 13.7. The van der Waals surface area contributed by atoms with Crippen LogP contribution in [0.1, 0.15) is 51.5 Å². The highest BCUT2D eigenvalue weighted by atomic mass is 16.5. The summed E-state index contributed by atoms with van der Waals surface area (Å²) in [5, 5.41) is 0. The van der Waals surface area contributed by atoms with Gasteiger partial charge in [-0.15, -0.1) is 0 Å². The van der Waals surface area contributed by atoms with E-state index in [0.717, 1.165) is 12.3 Å². The highest BCUT2D eigenvalue weighted by Gasteiger charge is 2.16. The van der Waals surface area contributed by atoms with Gasteiger partial charge in [0.05, 0.1) is 6.61 Å². The van der Waals surface area contributed by atoms with Gasteiger partial charge in [0.15, 0.2) is 0 Å². The molecule has 0 amide bonds. The van der Waals surface area contributed by atoms with Crippen molar-refractivity contribution in [3.8, 4) is 0 Å². The standard InChI is InChI=1S/C20H26O2/c1-3-22-20(21)16(2)13-19(15-18-11-7-8-12-18)14-17-9-5-4-6-10-17/h4-6,9-10,13-14,18H,3,7-8,11-12,15H2,1-2H3/b16-13+,19-14-. The Hall–Kier alpha value is -1.83. The first-order valence-electron chi connectivity index (χ1n) is 8.30. The molecule has 0 bridgehead atoms. The van der Waals surface area contributed by atoms with Crippen molar-refractivity contribution in [3.63, 3.8) is 0 Å². The van der Waals surface area contributed by atoms with Crippen molar-refractivity contribution >= 4 is 12.0 Å². The Kier molecular flexibility index (Phi) is 6.45. The van der Waals surface area contributed by atoms with Gasteiger partial charge in [0.25, 0.3) is 0 Å². The summed E-state index contributed by atoms with van der Waals surface area (Å²) in [5.74, 6) is 0.536. The minimum atomic E-state index is -0.215. The third-order valence-electron chi connectivity index (χ3n) is 4.15. The Morgan fingerprint density at radius 3 is 2.55 bits per heavy atom. The van der Waals surface area contributed by atoms with E-state index in [2.05, 4.69) is 18.2 Å². The molecule has 22 heavy (non-hydrogen) atoms. The lowest BCUT2D eigenvalue weighted by Crippen LogP contribution is -2.06. The van der Waals surface area contributed by atoms with E-state index < -0.39 is 0 Å². The van der Waals surface area contributed by atoms with Crippen LogP contribution in [-0.2, 0) is 9.53 Å². The van der Waals surface area contributed by atoms with Gasteiger partial charge in [-0.1, -0.05) is 62.1 Å². The molecule has 1 aliphatic carbocycles. The Bertz CT molecular complexity index is 534. The minimum Gasteiger partial charge on any atom is -0.463 e. The van der Waals surface area contributed by atoms with Gasteiger partial charge in [-0.05, 0) is 43.4 Å². The van der Waals surface area contributed by atoms with Crippen molar-refractivity contribution in [2.45, 2.75) is 46.0 Å². The summed E-state index contributed by atoms with van der Waals surface area (Å²) in [4.78, 5) is 11.9. The second-order valence-corrected chi connectivity index (χ2v) is 6.03. The molecule has 0 atom stereocenters. The first-order valence-corrected chi connectivity index (χ1v) is 8.30. The van der Waals surface area contributed by atoms with E-state index in [1.54, 1.807) is 0 Å². The number of hydrogen-bond acceptors (Lipinski definition) is 2. The summed E-state index contributed by atoms with van der Waals surface area (Å²) in [6.45, 7) is 4.10. The molecule has 0 N–H and O–H groups in total. The topological polar surface area (TPSA) is 26.3 Å².